The van der Waals surface area contributed by atoms with Crippen LogP contribution in [0.3, 0.4) is 0 Å². The van der Waals surface area contributed by atoms with Gasteiger partial charge >= 0.3 is 0 Å². The van der Waals surface area contributed by atoms with Crippen LogP contribution in [0.5, 0.6) is 17.2 Å². The lowest BCUT2D eigenvalue weighted by atomic mass is 10.2. The highest BCUT2D eigenvalue weighted by Gasteiger charge is 2.21. The molecule has 0 bridgehead atoms. The van der Waals surface area contributed by atoms with Gasteiger partial charge in [0.25, 0.3) is 0 Å². The van der Waals surface area contributed by atoms with Crippen molar-refractivity contribution >= 4 is 21.6 Å². The van der Waals surface area contributed by atoms with Gasteiger partial charge in [0.05, 0.1) is 32.3 Å². The second-order valence-corrected chi connectivity index (χ2v) is 8.30. The van der Waals surface area contributed by atoms with Crippen molar-refractivity contribution in [1.82, 2.24) is 5.32 Å². The Kier molecular flexibility index (Phi) is 8.35. The van der Waals surface area contributed by atoms with Gasteiger partial charge in [-0.3, -0.25) is 9.10 Å². The maximum absolute atomic E-state index is 12.5. The van der Waals surface area contributed by atoms with E-state index in [1.165, 1.54) is 7.11 Å². The Morgan fingerprint density at radius 1 is 1.03 bits per heavy atom. The number of rotatable bonds is 11. The summed E-state index contributed by atoms with van der Waals surface area (Å²) in [5, 5.41) is 2.75. The van der Waals surface area contributed by atoms with Crippen molar-refractivity contribution in [2.24, 2.45) is 0 Å². The molecule has 0 aliphatic carbocycles. The van der Waals surface area contributed by atoms with Crippen LogP contribution in [0.1, 0.15) is 19.4 Å². The molecule has 0 aliphatic heterocycles. The smallest absolute Gasteiger partial charge is 0.241 e. The highest BCUT2D eigenvalue weighted by molar-refractivity contribution is 7.92. The largest absolute Gasteiger partial charge is 0.497 e. The second kappa shape index (κ2) is 10.7. The van der Waals surface area contributed by atoms with Gasteiger partial charge in [0.1, 0.15) is 12.3 Å². The first kappa shape index (κ1) is 23.3. The third-order valence-corrected chi connectivity index (χ3v) is 5.27. The summed E-state index contributed by atoms with van der Waals surface area (Å²) >= 11 is 0. The van der Waals surface area contributed by atoms with Crippen LogP contribution in [0.25, 0.3) is 0 Å². The topological polar surface area (TPSA) is 94.2 Å². The molecule has 0 aromatic heterocycles. The predicted octanol–water partition coefficient (Wildman–Crippen LogP) is 2.58. The number of hydrogen-bond acceptors (Lipinski definition) is 6. The SMILES string of the molecule is CCOc1ccc(CNC(=O)CN(c2cccc(OC)c2)S(C)(=O)=O)cc1OCC. The molecule has 0 unspecified atom stereocenters. The normalized spacial score (nSPS) is 10.9. The summed E-state index contributed by atoms with van der Waals surface area (Å²) in [6, 6.07) is 11.9. The number of anilines is 1. The first-order valence-corrected chi connectivity index (χ1v) is 11.4. The van der Waals surface area contributed by atoms with Crippen molar-refractivity contribution in [2.75, 3.05) is 37.4 Å². The van der Waals surface area contributed by atoms with E-state index in [4.69, 9.17) is 14.2 Å². The molecule has 30 heavy (non-hydrogen) atoms. The molecule has 164 valence electrons. The number of methoxy groups -OCH3 is 1. The minimum Gasteiger partial charge on any atom is -0.497 e. The first-order valence-electron chi connectivity index (χ1n) is 9.55. The average Bonchev–Trinajstić information content (AvgIpc) is 2.71. The molecule has 0 aliphatic rings. The molecule has 0 saturated heterocycles. The van der Waals surface area contributed by atoms with E-state index < -0.39 is 15.9 Å². The van der Waals surface area contributed by atoms with Crippen LogP contribution in [0, 0.1) is 0 Å². The van der Waals surface area contributed by atoms with E-state index in [0.717, 1.165) is 16.1 Å². The van der Waals surface area contributed by atoms with Gasteiger partial charge in [-0.2, -0.15) is 0 Å². The Hall–Kier alpha value is -2.94. The summed E-state index contributed by atoms with van der Waals surface area (Å²) in [5.41, 5.74) is 1.16. The molecule has 9 heteroatoms. The van der Waals surface area contributed by atoms with Gasteiger partial charge < -0.3 is 19.5 Å². The second-order valence-electron chi connectivity index (χ2n) is 6.39. The molecule has 8 nitrogen and oxygen atoms in total. The number of carbonyl (C=O) groups is 1. The van der Waals surface area contributed by atoms with Crippen LogP contribution in [0.15, 0.2) is 42.5 Å². The minimum atomic E-state index is -3.67. The van der Waals surface area contributed by atoms with Crippen LogP contribution in [0.4, 0.5) is 5.69 Å². The molecule has 0 saturated carbocycles. The molecule has 1 N–H and O–H groups in total. The number of nitrogens with one attached hydrogen (secondary N) is 1. The van der Waals surface area contributed by atoms with Crippen molar-refractivity contribution in [3.63, 3.8) is 0 Å². The fourth-order valence-corrected chi connectivity index (χ4v) is 3.61. The summed E-state index contributed by atoms with van der Waals surface area (Å²) < 4.78 is 41.8. The van der Waals surface area contributed by atoms with Gasteiger partial charge in [0.15, 0.2) is 11.5 Å². The van der Waals surface area contributed by atoms with Gasteiger partial charge in [-0.1, -0.05) is 12.1 Å². The highest BCUT2D eigenvalue weighted by Crippen LogP contribution is 2.28. The molecule has 2 rings (SSSR count). The van der Waals surface area contributed by atoms with Gasteiger partial charge in [-0.05, 0) is 43.7 Å². The van der Waals surface area contributed by atoms with E-state index in [0.29, 0.717) is 36.1 Å². The maximum atomic E-state index is 12.5. The molecular formula is C21H28N2O6S. The summed E-state index contributed by atoms with van der Waals surface area (Å²) in [5.74, 6) is 1.30. The fraction of sp³-hybridized carbons (Fsp3) is 0.381. The third kappa shape index (κ3) is 6.55. The number of nitrogens with zero attached hydrogens (tertiary/aromatic N) is 1. The number of carbonyl (C=O) groups excluding carboxylic acids is 1. The van der Waals surface area contributed by atoms with E-state index in [2.05, 4.69) is 5.32 Å². The minimum absolute atomic E-state index is 0.223. The first-order chi connectivity index (χ1) is 14.3. The average molecular weight is 437 g/mol. The lowest BCUT2D eigenvalue weighted by Crippen LogP contribution is -2.40. The Morgan fingerprint density at radius 2 is 1.73 bits per heavy atom. The molecule has 0 atom stereocenters. The predicted molar refractivity (Wildman–Crippen MR) is 116 cm³/mol. The van der Waals surface area contributed by atoms with Crippen LogP contribution in [0.2, 0.25) is 0 Å². The Labute approximate surface area is 177 Å². The van der Waals surface area contributed by atoms with Crippen molar-refractivity contribution in [3.05, 3.63) is 48.0 Å². The number of benzene rings is 2. The van der Waals surface area contributed by atoms with Gasteiger partial charge in [0, 0.05) is 12.6 Å². The molecule has 0 fully saturated rings. The zero-order valence-corrected chi connectivity index (χ0v) is 18.5. The van der Waals surface area contributed by atoms with Crippen LogP contribution < -0.4 is 23.8 Å². The van der Waals surface area contributed by atoms with E-state index in [9.17, 15) is 13.2 Å². The summed E-state index contributed by atoms with van der Waals surface area (Å²) in [6.45, 7) is 4.64. The summed E-state index contributed by atoms with van der Waals surface area (Å²) in [6.07, 6.45) is 1.06. The van der Waals surface area contributed by atoms with Crippen LogP contribution >= 0.6 is 0 Å². The number of hydrogen-bond donors (Lipinski definition) is 1. The van der Waals surface area contributed by atoms with E-state index in [1.54, 1.807) is 36.4 Å². The zero-order valence-electron chi connectivity index (χ0n) is 17.7. The Balaban J connectivity index is 2.10. The highest BCUT2D eigenvalue weighted by atomic mass is 32.2. The van der Waals surface area contributed by atoms with Gasteiger partial charge in [-0.15, -0.1) is 0 Å². The summed E-state index contributed by atoms with van der Waals surface area (Å²) in [4.78, 5) is 12.5. The van der Waals surface area contributed by atoms with Crippen molar-refractivity contribution < 1.29 is 27.4 Å². The van der Waals surface area contributed by atoms with E-state index in [-0.39, 0.29) is 13.1 Å². The van der Waals surface area contributed by atoms with E-state index in [1.807, 2.05) is 19.9 Å². The van der Waals surface area contributed by atoms with Crippen molar-refractivity contribution in [2.45, 2.75) is 20.4 Å². The zero-order chi connectivity index (χ0) is 22.1. The number of sulfonamides is 1. The van der Waals surface area contributed by atoms with Gasteiger partial charge in [0.2, 0.25) is 15.9 Å². The quantitative estimate of drug-likeness (QED) is 0.582. The molecular weight excluding hydrogens is 408 g/mol. The molecule has 2 aromatic rings. The molecule has 2 aromatic carbocycles. The Bertz CT molecular complexity index is 962. The number of ether oxygens (including phenoxy) is 3. The van der Waals surface area contributed by atoms with Gasteiger partial charge in [-0.25, -0.2) is 8.42 Å². The monoisotopic (exact) mass is 436 g/mol. The van der Waals surface area contributed by atoms with Crippen molar-refractivity contribution in [3.8, 4) is 17.2 Å². The molecule has 0 heterocycles. The lowest BCUT2D eigenvalue weighted by molar-refractivity contribution is -0.119. The third-order valence-electron chi connectivity index (χ3n) is 4.13. The summed E-state index contributed by atoms with van der Waals surface area (Å²) in [7, 11) is -2.18. The molecule has 0 spiro atoms. The van der Waals surface area contributed by atoms with E-state index >= 15 is 0 Å². The Morgan fingerprint density at radius 3 is 2.37 bits per heavy atom. The lowest BCUT2D eigenvalue weighted by Gasteiger charge is -2.22. The van der Waals surface area contributed by atoms with Crippen molar-refractivity contribution in [1.29, 1.82) is 0 Å². The van der Waals surface area contributed by atoms with Crippen LogP contribution in [-0.2, 0) is 21.4 Å². The molecule has 0 radical (unpaired) electrons. The number of amides is 1. The van der Waals surface area contributed by atoms with Crippen LogP contribution in [-0.4, -0.2) is 47.4 Å². The maximum Gasteiger partial charge on any atom is 0.241 e. The fourth-order valence-electron chi connectivity index (χ4n) is 2.76. The standard InChI is InChI=1S/C21H28N2O6S/c1-5-28-19-11-10-16(12-20(19)29-6-2)14-22-21(24)15-23(30(4,25)26)17-8-7-9-18(13-17)27-3/h7-13H,5-6,14-15H2,1-4H3,(H,22,24). The molecule has 1 amide bonds.